The second kappa shape index (κ2) is 7.29. The first kappa shape index (κ1) is 14.0. The lowest BCUT2D eigenvalue weighted by Crippen LogP contribution is -2.43. The van der Waals surface area contributed by atoms with Crippen LogP contribution in [-0.2, 0) is 4.79 Å². The summed E-state index contributed by atoms with van der Waals surface area (Å²) >= 11 is 1.30. The average molecular weight is 256 g/mol. The average Bonchev–Trinajstić information content (AvgIpc) is 2.31. The van der Waals surface area contributed by atoms with Gasteiger partial charge in [0, 0.05) is 10.6 Å². The second-order valence-electron chi connectivity index (χ2n) is 3.65. The molecular formula is C12H17FN2OS. The molecule has 1 amide bonds. The summed E-state index contributed by atoms with van der Waals surface area (Å²) in [6.45, 7) is 2.74. The van der Waals surface area contributed by atoms with E-state index in [4.69, 9.17) is 5.73 Å². The maximum atomic E-state index is 13.3. The first-order valence-electron chi connectivity index (χ1n) is 5.55. The van der Waals surface area contributed by atoms with Crippen molar-refractivity contribution in [2.24, 2.45) is 5.73 Å². The minimum Gasteiger partial charge on any atom is -0.368 e. The van der Waals surface area contributed by atoms with Gasteiger partial charge in [0.2, 0.25) is 5.91 Å². The molecule has 1 aromatic rings. The summed E-state index contributed by atoms with van der Waals surface area (Å²) in [5.74, 6) is -0.227. The second-order valence-corrected chi connectivity index (χ2v) is 4.71. The maximum Gasteiger partial charge on any atom is 0.235 e. The van der Waals surface area contributed by atoms with Crippen molar-refractivity contribution in [1.29, 1.82) is 0 Å². The fraction of sp³-hybridized carbons (Fsp3) is 0.417. The first-order chi connectivity index (χ1) is 8.15. The SMILES string of the molecule is CCCNC(CSc1ccccc1F)C(N)=O. The Morgan fingerprint density at radius 1 is 1.53 bits per heavy atom. The lowest BCUT2D eigenvalue weighted by atomic mass is 10.3. The van der Waals surface area contributed by atoms with Crippen LogP contribution in [0.2, 0.25) is 0 Å². The summed E-state index contributed by atoms with van der Waals surface area (Å²) in [6.07, 6.45) is 0.925. The maximum absolute atomic E-state index is 13.3. The van der Waals surface area contributed by atoms with Gasteiger partial charge in [0.25, 0.3) is 0 Å². The Labute approximate surface area is 105 Å². The minimum atomic E-state index is -0.417. The van der Waals surface area contributed by atoms with Crippen molar-refractivity contribution in [3.8, 4) is 0 Å². The predicted octanol–water partition coefficient (Wildman–Crippen LogP) is 1.77. The molecule has 3 nitrogen and oxygen atoms in total. The molecule has 0 radical (unpaired) electrons. The molecule has 1 rings (SSSR count). The molecule has 17 heavy (non-hydrogen) atoms. The van der Waals surface area contributed by atoms with Gasteiger partial charge in [-0.2, -0.15) is 0 Å². The Balaban J connectivity index is 2.52. The number of benzene rings is 1. The zero-order valence-electron chi connectivity index (χ0n) is 9.78. The first-order valence-corrected chi connectivity index (χ1v) is 6.53. The van der Waals surface area contributed by atoms with Gasteiger partial charge in [0.1, 0.15) is 5.82 Å². The van der Waals surface area contributed by atoms with Crippen LogP contribution in [0.5, 0.6) is 0 Å². The summed E-state index contributed by atoms with van der Waals surface area (Å²) in [6, 6.07) is 6.09. The Hall–Kier alpha value is -1.07. The van der Waals surface area contributed by atoms with Crippen LogP contribution in [-0.4, -0.2) is 24.2 Å². The van der Waals surface area contributed by atoms with E-state index in [1.54, 1.807) is 18.2 Å². The highest BCUT2D eigenvalue weighted by Gasteiger charge is 2.15. The number of carbonyl (C=O) groups is 1. The number of primary amides is 1. The van der Waals surface area contributed by atoms with Gasteiger partial charge >= 0.3 is 0 Å². The summed E-state index contributed by atoms with van der Waals surface area (Å²) in [4.78, 5) is 11.7. The molecule has 0 aromatic heterocycles. The van der Waals surface area contributed by atoms with Crippen molar-refractivity contribution in [3.05, 3.63) is 30.1 Å². The largest absolute Gasteiger partial charge is 0.368 e. The van der Waals surface area contributed by atoms with Crippen molar-refractivity contribution >= 4 is 17.7 Å². The van der Waals surface area contributed by atoms with Crippen LogP contribution in [0.3, 0.4) is 0 Å². The molecule has 1 unspecified atom stereocenters. The van der Waals surface area contributed by atoms with Crippen molar-refractivity contribution in [3.63, 3.8) is 0 Å². The monoisotopic (exact) mass is 256 g/mol. The van der Waals surface area contributed by atoms with Crippen molar-refractivity contribution in [2.75, 3.05) is 12.3 Å². The summed E-state index contributed by atoms with van der Waals surface area (Å²) < 4.78 is 13.3. The number of hydrogen-bond acceptors (Lipinski definition) is 3. The molecule has 0 spiro atoms. The highest BCUT2D eigenvalue weighted by Crippen LogP contribution is 2.21. The molecule has 0 aliphatic heterocycles. The quantitative estimate of drug-likeness (QED) is 0.731. The third kappa shape index (κ3) is 4.75. The molecular weight excluding hydrogens is 239 g/mol. The molecule has 0 bridgehead atoms. The van der Waals surface area contributed by atoms with Crippen LogP contribution in [0.15, 0.2) is 29.2 Å². The van der Waals surface area contributed by atoms with Crippen LogP contribution in [0.25, 0.3) is 0 Å². The van der Waals surface area contributed by atoms with E-state index in [1.165, 1.54) is 17.8 Å². The smallest absolute Gasteiger partial charge is 0.235 e. The molecule has 94 valence electrons. The number of amides is 1. The van der Waals surface area contributed by atoms with Crippen molar-refractivity contribution < 1.29 is 9.18 Å². The van der Waals surface area contributed by atoms with Gasteiger partial charge in [-0.15, -0.1) is 11.8 Å². The lowest BCUT2D eigenvalue weighted by molar-refractivity contribution is -0.119. The number of hydrogen-bond donors (Lipinski definition) is 2. The predicted molar refractivity (Wildman–Crippen MR) is 68.4 cm³/mol. The summed E-state index contributed by atoms with van der Waals surface area (Å²) in [5, 5.41) is 3.04. The van der Waals surface area contributed by atoms with E-state index in [-0.39, 0.29) is 5.82 Å². The minimum absolute atomic E-state index is 0.267. The van der Waals surface area contributed by atoms with Crippen LogP contribution in [0.1, 0.15) is 13.3 Å². The van der Waals surface area contributed by atoms with Crippen molar-refractivity contribution in [2.45, 2.75) is 24.3 Å². The van der Waals surface area contributed by atoms with Gasteiger partial charge < -0.3 is 11.1 Å². The number of halogens is 1. The molecule has 3 N–H and O–H groups in total. The van der Waals surface area contributed by atoms with E-state index >= 15 is 0 Å². The standard InChI is InChI=1S/C12H17FN2OS/c1-2-7-15-10(12(14)16)8-17-11-6-4-3-5-9(11)13/h3-6,10,15H,2,7-8H2,1H3,(H2,14,16). The molecule has 0 heterocycles. The Kier molecular flexibility index (Phi) is 6.00. The third-order valence-electron chi connectivity index (χ3n) is 2.23. The fourth-order valence-electron chi connectivity index (χ4n) is 1.30. The molecule has 0 aliphatic rings. The van der Waals surface area contributed by atoms with E-state index in [1.807, 2.05) is 6.92 Å². The van der Waals surface area contributed by atoms with E-state index in [2.05, 4.69) is 5.32 Å². The van der Waals surface area contributed by atoms with Gasteiger partial charge in [-0.05, 0) is 25.1 Å². The number of nitrogens with one attached hydrogen (secondary N) is 1. The zero-order chi connectivity index (χ0) is 12.7. The lowest BCUT2D eigenvalue weighted by Gasteiger charge is -2.14. The molecule has 0 fully saturated rings. The molecule has 0 saturated heterocycles. The third-order valence-corrected chi connectivity index (χ3v) is 3.37. The van der Waals surface area contributed by atoms with Gasteiger partial charge in [0.15, 0.2) is 0 Å². The summed E-state index contributed by atoms with van der Waals surface area (Å²) in [5.41, 5.74) is 5.27. The Morgan fingerprint density at radius 3 is 2.82 bits per heavy atom. The van der Waals surface area contributed by atoms with Gasteiger partial charge in [-0.25, -0.2) is 4.39 Å². The van der Waals surface area contributed by atoms with E-state index < -0.39 is 11.9 Å². The van der Waals surface area contributed by atoms with Crippen LogP contribution in [0, 0.1) is 5.82 Å². The van der Waals surface area contributed by atoms with E-state index in [0.717, 1.165) is 13.0 Å². The highest BCUT2D eigenvalue weighted by atomic mass is 32.2. The van der Waals surface area contributed by atoms with Crippen molar-refractivity contribution in [1.82, 2.24) is 5.32 Å². The fourth-order valence-corrected chi connectivity index (χ4v) is 2.30. The van der Waals surface area contributed by atoms with E-state index in [9.17, 15) is 9.18 Å². The summed E-state index contributed by atoms with van der Waals surface area (Å²) in [7, 11) is 0. The van der Waals surface area contributed by atoms with E-state index in [0.29, 0.717) is 10.6 Å². The zero-order valence-corrected chi connectivity index (χ0v) is 10.6. The number of thioether (sulfide) groups is 1. The highest BCUT2D eigenvalue weighted by molar-refractivity contribution is 7.99. The van der Waals surface area contributed by atoms with Gasteiger partial charge in [-0.1, -0.05) is 19.1 Å². The van der Waals surface area contributed by atoms with Crippen LogP contribution >= 0.6 is 11.8 Å². The molecule has 0 aliphatic carbocycles. The number of carbonyl (C=O) groups excluding carboxylic acids is 1. The Morgan fingerprint density at radius 2 is 2.24 bits per heavy atom. The topological polar surface area (TPSA) is 55.1 Å². The molecule has 0 saturated carbocycles. The Bertz CT molecular complexity index is 373. The molecule has 5 heteroatoms. The molecule has 1 aromatic carbocycles. The van der Waals surface area contributed by atoms with Crippen LogP contribution in [0.4, 0.5) is 4.39 Å². The van der Waals surface area contributed by atoms with Gasteiger partial charge in [0.05, 0.1) is 6.04 Å². The van der Waals surface area contributed by atoms with Gasteiger partial charge in [-0.3, -0.25) is 4.79 Å². The number of nitrogens with two attached hydrogens (primary N) is 1. The normalized spacial score (nSPS) is 12.4. The molecule has 1 atom stereocenters. The number of rotatable bonds is 7. The van der Waals surface area contributed by atoms with Crippen LogP contribution < -0.4 is 11.1 Å².